The number of H-pyrrole nitrogens is 1. The maximum atomic E-state index is 13.5. The average Bonchev–Trinajstić information content (AvgIpc) is 3.46. The number of likely N-dealkylation sites (tertiary alicyclic amines) is 1. The Morgan fingerprint density at radius 2 is 2.00 bits per heavy atom. The van der Waals surface area contributed by atoms with Gasteiger partial charge < -0.3 is 19.5 Å². The molecule has 176 valence electrons. The molecule has 1 fully saturated rings. The number of Topliss-reactive ketones (excluding diaryl/α,β-unsaturated/α-hetero) is 1. The van der Waals surface area contributed by atoms with Gasteiger partial charge in [-0.25, -0.2) is 4.57 Å². The fourth-order valence-corrected chi connectivity index (χ4v) is 4.36. The number of hydrogen-bond acceptors (Lipinski definition) is 5. The van der Waals surface area contributed by atoms with E-state index < -0.39 is 23.5 Å². The number of halogens is 1. The maximum Gasteiger partial charge on any atom is 0.295 e. The quantitative estimate of drug-likeness (QED) is 0.230. The van der Waals surface area contributed by atoms with E-state index in [4.69, 9.17) is 21.1 Å². The van der Waals surface area contributed by atoms with Gasteiger partial charge in [-0.05, 0) is 35.4 Å². The molecule has 1 aliphatic heterocycles. The van der Waals surface area contributed by atoms with E-state index in [9.17, 15) is 14.7 Å². The number of ketones is 1. The number of benzene rings is 2. The second-order valence-corrected chi connectivity index (χ2v) is 8.21. The van der Waals surface area contributed by atoms with E-state index in [-0.39, 0.29) is 16.2 Å². The van der Waals surface area contributed by atoms with Gasteiger partial charge in [0, 0.05) is 18.5 Å². The first-order valence-electron chi connectivity index (χ1n) is 10.7. The van der Waals surface area contributed by atoms with Crippen LogP contribution in [-0.2, 0) is 16.1 Å². The first-order chi connectivity index (χ1) is 16.4. The Balaban J connectivity index is 1.76. The van der Waals surface area contributed by atoms with Gasteiger partial charge in [0.15, 0.2) is 0 Å². The molecule has 1 aromatic heterocycles. The zero-order valence-corrected chi connectivity index (χ0v) is 19.5. The highest BCUT2D eigenvalue weighted by Crippen LogP contribution is 2.40. The molecule has 9 heteroatoms. The average molecular weight is 482 g/mol. The molecule has 4 rings (SSSR count). The number of carbonyl (C=O) groups is 2. The van der Waals surface area contributed by atoms with Crippen LogP contribution in [0.15, 0.2) is 66.8 Å². The Bertz CT molecular complexity index is 1240. The van der Waals surface area contributed by atoms with E-state index in [1.54, 1.807) is 36.5 Å². The number of carbonyl (C=O) groups excluding carboxylic acids is 2. The van der Waals surface area contributed by atoms with Crippen LogP contribution < -0.4 is 19.1 Å². The highest BCUT2D eigenvalue weighted by molar-refractivity contribution is 6.46. The summed E-state index contributed by atoms with van der Waals surface area (Å²) in [6.45, 7) is 0.939. The molecule has 0 bridgehead atoms. The molecule has 2 heterocycles. The summed E-state index contributed by atoms with van der Waals surface area (Å²) in [4.78, 5) is 30.6. The summed E-state index contributed by atoms with van der Waals surface area (Å²) in [6, 6.07) is 10.7. The number of aryl methyl sites for hydroxylation is 1. The molecule has 34 heavy (non-hydrogen) atoms. The lowest BCUT2D eigenvalue weighted by Crippen LogP contribution is -2.36. The van der Waals surface area contributed by atoms with Crippen LogP contribution in [0.1, 0.15) is 23.6 Å². The number of methoxy groups -OCH3 is 2. The summed E-state index contributed by atoms with van der Waals surface area (Å²) < 4.78 is 12.4. The lowest BCUT2D eigenvalue weighted by molar-refractivity contribution is -0.695. The molecule has 1 N–H and O–H groups in total. The number of amides is 1. The van der Waals surface area contributed by atoms with E-state index >= 15 is 0 Å². The number of hydrogen-bond donors (Lipinski definition) is 1. The predicted molar refractivity (Wildman–Crippen MR) is 123 cm³/mol. The van der Waals surface area contributed by atoms with Gasteiger partial charge >= 0.3 is 0 Å². The molecule has 1 unspecified atom stereocenters. The highest BCUT2D eigenvalue weighted by atomic mass is 35.5. The van der Waals surface area contributed by atoms with E-state index in [2.05, 4.69) is 4.98 Å². The Morgan fingerprint density at radius 1 is 1.18 bits per heavy atom. The van der Waals surface area contributed by atoms with Crippen molar-refractivity contribution in [3.63, 3.8) is 0 Å². The van der Waals surface area contributed by atoms with Gasteiger partial charge in [-0.2, -0.15) is 0 Å². The number of nitrogens with one attached hydrogen (secondary N) is 1. The number of aromatic amines is 1. The number of aromatic nitrogens is 2. The summed E-state index contributed by atoms with van der Waals surface area (Å²) in [5, 5.41) is 13.8. The molecule has 1 aliphatic rings. The van der Waals surface area contributed by atoms with Crippen molar-refractivity contribution in [2.75, 3.05) is 20.8 Å². The van der Waals surface area contributed by atoms with Crippen molar-refractivity contribution in [3.05, 3.63) is 82.9 Å². The van der Waals surface area contributed by atoms with Crippen molar-refractivity contribution in [2.45, 2.75) is 19.0 Å². The van der Waals surface area contributed by atoms with Crippen LogP contribution in [0.5, 0.6) is 11.5 Å². The topological polar surface area (TPSA) is 98.6 Å². The van der Waals surface area contributed by atoms with Crippen molar-refractivity contribution in [2.24, 2.45) is 0 Å². The van der Waals surface area contributed by atoms with Gasteiger partial charge in [-0.15, -0.1) is 0 Å². The Morgan fingerprint density at radius 3 is 2.68 bits per heavy atom. The molecule has 2 aromatic carbocycles. The standard InChI is InChI=1S/C25H24ClN3O5/c1-33-18-6-3-5-16(13-18)22-21(23(30)17-7-8-20(34-2)19(26)14-17)24(31)25(32)29(22)11-4-10-28-12-9-27-15-28/h3,5-9,12-15,22H,4,10-11H2,1-2H3,(H,30,31). The number of imidazole rings is 1. The summed E-state index contributed by atoms with van der Waals surface area (Å²) >= 11 is 6.21. The molecular weight excluding hydrogens is 458 g/mol. The number of nitrogens with zero attached hydrogens (tertiary/aromatic N) is 2. The largest absolute Gasteiger partial charge is 0.872 e. The van der Waals surface area contributed by atoms with Crippen molar-refractivity contribution in [3.8, 4) is 11.5 Å². The minimum absolute atomic E-state index is 0.103. The van der Waals surface area contributed by atoms with E-state index in [1.165, 1.54) is 31.3 Å². The van der Waals surface area contributed by atoms with Crippen molar-refractivity contribution < 1.29 is 28.7 Å². The lowest BCUT2D eigenvalue weighted by atomic mass is 9.95. The molecular formula is C25H24ClN3O5. The molecule has 1 atom stereocenters. The van der Waals surface area contributed by atoms with E-state index in [1.807, 2.05) is 17.1 Å². The molecule has 1 saturated heterocycles. The Hall–Kier alpha value is -3.78. The Labute approximate surface area is 202 Å². The fraction of sp³-hybridized carbons (Fsp3) is 0.240. The van der Waals surface area contributed by atoms with Gasteiger partial charge in [0.05, 0.1) is 31.8 Å². The third-order valence-electron chi connectivity index (χ3n) is 5.77. The summed E-state index contributed by atoms with van der Waals surface area (Å²) in [5.41, 5.74) is 0.726. The van der Waals surface area contributed by atoms with Crippen molar-refractivity contribution in [1.82, 2.24) is 9.88 Å². The van der Waals surface area contributed by atoms with Crippen LogP contribution in [0.4, 0.5) is 0 Å². The lowest BCUT2D eigenvalue weighted by Gasteiger charge is -2.27. The van der Waals surface area contributed by atoms with Crippen LogP contribution in [0.2, 0.25) is 5.02 Å². The molecule has 0 spiro atoms. The summed E-state index contributed by atoms with van der Waals surface area (Å²) in [5.74, 6) is -1.08. The second kappa shape index (κ2) is 10.0. The van der Waals surface area contributed by atoms with Crippen LogP contribution in [0, 0.1) is 0 Å². The van der Waals surface area contributed by atoms with E-state index in [0.29, 0.717) is 36.6 Å². The summed E-state index contributed by atoms with van der Waals surface area (Å²) in [6.07, 6.45) is 6.09. The monoisotopic (exact) mass is 481 g/mol. The van der Waals surface area contributed by atoms with Gasteiger partial charge in [-0.1, -0.05) is 35.6 Å². The van der Waals surface area contributed by atoms with Crippen LogP contribution in [0.25, 0.3) is 5.76 Å². The zero-order valence-electron chi connectivity index (χ0n) is 18.8. The minimum Gasteiger partial charge on any atom is -0.872 e. The van der Waals surface area contributed by atoms with Gasteiger partial charge in [0.25, 0.3) is 5.91 Å². The SMILES string of the molecule is COc1cccc(C2C(=C([O-])c3ccc(OC)c(Cl)c3)C(=O)C(=O)N2CCC[n+]2cc[nH]c2)c1. The zero-order chi connectivity index (χ0) is 24.2. The van der Waals surface area contributed by atoms with E-state index in [0.717, 1.165) is 0 Å². The highest BCUT2D eigenvalue weighted by Gasteiger charge is 2.44. The van der Waals surface area contributed by atoms with Gasteiger partial charge in [-0.3, -0.25) is 14.6 Å². The maximum absolute atomic E-state index is 13.5. The molecule has 0 aliphatic carbocycles. The smallest absolute Gasteiger partial charge is 0.295 e. The van der Waals surface area contributed by atoms with Gasteiger partial charge in [0.1, 0.15) is 23.9 Å². The molecule has 1 amide bonds. The number of ether oxygens (including phenoxy) is 2. The van der Waals surface area contributed by atoms with Crippen LogP contribution in [0.3, 0.4) is 0 Å². The Kier molecular flexibility index (Phi) is 6.88. The molecule has 0 saturated carbocycles. The molecule has 8 nitrogen and oxygen atoms in total. The van der Waals surface area contributed by atoms with Crippen LogP contribution >= 0.6 is 11.6 Å². The normalized spacial score (nSPS) is 17.3. The molecule has 0 radical (unpaired) electrons. The third kappa shape index (κ3) is 4.49. The van der Waals surface area contributed by atoms with Crippen LogP contribution in [-0.4, -0.2) is 42.3 Å². The predicted octanol–water partition coefficient (Wildman–Crippen LogP) is 2.29. The first-order valence-corrected chi connectivity index (χ1v) is 11.1. The fourth-order valence-electron chi connectivity index (χ4n) is 4.11. The summed E-state index contributed by atoms with van der Waals surface area (Å²) in [7, 11) is 3.00. The minimum atomic E-state index is -0.834. The second-order valence-electron chi connectivity index (χ2n) is 7.80. The third-order valence-corrected chi connectivity index (χ3v) is 6.07. The molecule has 3 aromatic rings. The first kappa shape index (κ1) is 23.4. The van der Waals surface area contributed by atoms with Gasteiger partial charge in [0.2, 0.25) is 12.1 Å². The van der Waals surface area contributed by atoms with Crippen molar-refractivity contribution >= 4 is 29.1 Å². The van der Waals surface area contributed by atoms with Crippen molar-refractivity contribution in [1.29, 1.82) is 0 Å². The number of rotatable bonds is 8.